The number of rotatable bonds is 3. The minimum absolute atomic E-state index is 0.387. The van der Waals surface area contributed by atoms with E-state index in [2.05, 4.69) is 10.6 Å². The molecule has 0 aromatic heterocycles. The lowest BCUT2D eigenvalue weighted by molar-refractivity contribution is 0.262. The molecule has 0 aliphatic carbocycles. The van der Waals surface area contributed by atoms with Gasteiger partial charge >= 0.3 is 6.03 Å². The zero-order valence-electron chi connectivity index (χ0n) is 13.6. The molecule has 1 aliphatic heterocycles. The normalized spacial score (nSPS) is 13.9. The van der Waals surface area contributed by atoms with Crippen molar-refractivity contribution in [3.8, 4) is 0 Å². The van der Waals surface area contributed by atoms with Crippen LogP contribution in [0.2, 0.25) is 0 Å². The lowest BCUT2D eigenvalue weighted by atomic mass is 10.0. The number of halogens is 1. The third-order valence-electron chi connectivity index (χ3n) is 3.92. The predicted molar refractivity (Wildman–Crippen MR) is 96.0 cm³/mol. The fourth-order valence-electron chi connectivity index (χ4n) is 2.79. The van der Waals surface area contributed by atoms with Crippen molar-refractivity contribution in [1.82, 2.24) is 0 Å². The maximum Gasteiger partial charge on any atom is 0.323 e. The van der Waals surface area contributed by atoms with Crippen LogP contribution in [-0.4, -0.2) is 27.2 Å². The Labute approximate surface area is 145 Å². The van der Waals surface area contributed by atoms with Gasteiger partial charge < -0.3 is 10.6 Å². The minimum Gasteiger partial charge on any atom is -0.308 e. The number of benzene rings is 2. The van der Waals surface area contributed by atoms with Crippen molar-refractivity contribution < 1.29 is 17.6 Å². The summed E-state index contributed by atoms with van der Waals surface area (Å²) in [6.07, 6.45) is 2.73. The minimum atomic E-state index is -3.37. The monoisotopic (exact) mass is 363 g/mol. The Balaban J connectivity index is 1.77. The Morgan fingerprint density at radius 3 is 2.40 bits per heavy atom. The second kappa shape index (κ2) is 6.72. The molecule has 25 heavy (non-hydrogen) atoms. The maximum absolute atomic E-state index is 12.9. The number of sulfonamides is 1. The highest BCUT2D eigenvalue weighted by atomic mass is 32.2. The Kier molecular flexibility index (Phi) is 4.63. The Morgan fingerprint density at radius 2 is 1.72 bits per heavy atom. The van der Waals surface area contributed by atoms with E-state index in [-0.39, 0.29) is 5.82 Å². The van der Waals surface area contributed by atoms with E-state index in [1.165, 1.54) is 34.8 Å². The molecule has 0 radical (unpaired) electrons. The van der Waals surface area contributed by atoms with Crippen LogP contribution < -0.4 is 14.9 Å². The zero-order chi connectivity index (χ0) is 18.0. The van der Waals surface area contributed by atoms with E-state index in [1.54, 1.807) is 12.1 Å². The molecule has 0 unspecified atom stereocenters. The van der Waals surface area contributed by atoms with Crippen molar-refractivity contribution in [1.29, 1.82) is 0 Å². The van der Waals surface area contributed by atoms with Gasteiger partial charge in [0.2, 0.25) is 10.0 Å². The van der Waals surface area contributed by atoms with Gasteiger partial charge in [-0.2, -0.15) is 0 Å². The molecule has 1 aliphatic rings. The summed E-state index contributed by atoms with van der Waals surface area (Å²) < 4.78 is 38.1. The summed E-state index contributed by atoms with van der Waals surface area (Å²) in [5.74, 6) is -0.387. The number of hydrogen-bond acceptors (Lipinski definition) is 3. The van der Waals surface area contributed by atoms with Crippen LogP contribution in [0, 0.1) is 5.82 Å². The third-order valence-corrected chi connectivity index (χ3v) is 5.10. The molecule has 0 atom stereocenters. The number of amides is 2. The van der Waals surface area contributed by atoms with Gasteiger partial charge in [-0.15, -0.1) is 0 Å². The highest BCUT2D eigenvalue weighted by Gasteiger charge is 2.24. The van der Waals surface area contributed by atoms with Crippen LogP contribution in [0.3, 0.4) is 0 Å². The number of nitrogens with zero attached hydrogens (tertiary/aromatic N) is 1. The first kappa shape index (κ1) is 17.2. The standard InChI is InChI=1S/C17H18FN3O3S/c1-25(23,24)21-10-2-3-12-4-7-15(11-16(12)21)20-17(22)19-14-8-5-13(18)6-9-14/h4-9,11H,2-3,10H2,1H3,(H2,19,20,22). The largest absolute Gasteiger partial charge is 0.323 e. The van der Waals surface area contributed by atoms with Gasteiger partial charge in [-0.1, -0.05) is 6.07 Å². The summed E-state index contributed by atoms with van der Waals surface area (Å²) in [4.78, 5) is 12.1. The second-order valence-electron chi connectivity index (χ2n) is 5.87. The van der Waals surface area contributed by atoms with Crippen LogP contribution in [0.4, 0.5) is 26.2 Å². The van der Waals surface area contributed by atoms with Crippen LogP contribution in [0.15, 0.2) is 42.5 Å². The third kappa shape index (κ3) is 4.08. The molecule has 0 bridgehead atoms. The van der Waals surface area contributed by atoms with E-state index in [9.17, 15) is 17.6 Å². The quantitative estimate of drug-likeness (QED) is 0.879. The number of carbonyl (C=O) groups excluding carboxylic acids is 1. The topological polar surface area (TPSA) is 78.5 Å². The van der Waals surface area contributed by atoms with E-state index in [4.69, 9.17) is 0 Å². The van der Waals surface area contributed by atoms with Gasteiger partial charge in [0.25, 0.3) is 0 Å². The van der Waals surface area contributed by atoms with E-state index in [1.807, 2.05) is 6.07 Å². The molecule has 2 amide bonds. The highest BCUT2D eigenvalue weighted by molar-refractivity contribution is 7.92. The van der Waals surface area contributed by atoms with Gasteiger partial charge in [-0.3, -0.25) is 4.31 Å². The first-order valence-electron chi connectivity index (χ1n) is 7.77. The zero-order valence-corrected chi connectivity index (χ0v) is 14.4. The summed E-state index contributed by atoms with van der Waals surface area (Å²) in [5, 5.41) is 5.25. The molecule has 2 N–H and O–H groups in total. The van der Waals surface area contributed by atoms with Crippen molar-refractivity contribution in [3.63, 3.8) is 0 Å². The summed E-state index contributed by atoms with van der Waals surface area (Å²) in [5.41, 5.74) is 2.46. The molecule has 0 spiro atoms. The number of anilines is 3. The fraction of sp³-hybridized carbons (Fsp3) is 0.235. The molecule has 3 rings (SSSR count). The van der Waals surface area contributed by atoms with E-state index < -0.39 is 16.1 Å². The molecule has 8 heteroatoms. The second-order valence-corrected chi connectivity index (χ2v) is 7.78. The lowest BCUT2D eigenvalue weighted by Gasteiger charge is -2.29. The molecular formula is C17H18FN3O3S. The molecule has 0 fully saturated rings. The Morgan fingerprint density at radius 1 is 1.08 bits per heavy atom. The highest BCUT2D eigenvalue weighted by Crippen LogP contribution is 2.31. The Hall–Kier alpha value is -2.61. The van der Waals surface area contributed by atoms with Crippen molar-refractivity contribution in [2.45, 2.75) is 12.8 Å². The molecular weight excluding hydrogens is 345 g/mol. The number of nitrogens with one attached hydrogen (secondary N) is 2. The van der Waals surface area contributed by atoms with Crippen molar-refractivity contribution in [2.24, 2.45) is 0 Å². The van der Waals surface area contributed by atoms with Crippen LogP contribution in [0.5, 0.6) is 0 Å². The van der Waals surface area contributed by atoms with Crippen LogP contribution in [0.1, 0.15) is 12.0 Å². The van der Waals surface area contributed by atoms with E-state index in [0.717, 1.165) is 18.4 Å². The van der Waals surface area contributed by atoms with Crippen LogP contribution in [-0.2, 0) is 16.4 Å². The summed E-state index contributed by atoms with van der Waals surface area (Å²) in [6, 6.07) is 10.1. The first-order chi connectivity index (χ1) is 11.8. The van der Waals surface area contributed by atoms with Gasteiger partial charge in [0.15, 0.2) is 0 Å². The molecule has 2 aromatic rings. The lowest BCUT2D eigenvalue weighted by Crippen LogP contribution is -2.34. The van der Waals surface area contributed by atoms with Crippen molar-refractivity contribution in [3.05, 3.63) is 53.8 Å². The SMILES string of the molecule is CS(=O)(=O)N1CCCc2ccc(NC(=O)Nc3ccc(F)cc3)cc21. The average Bonchev–Trinajstić information content (AvgIpc) is 2.55. The van der Waals surface area contributed by atoms with Crippen molar-refractivity contribution >= 4 is 33.1 Å². The van der Waals surface area contributed by atoms with Crippen molar-refractivity contribution in [2.75, 3.05) is 27.7 Å². The van der Waals surface area contributed by atoms with Gasteiger partial charge in [-0.25, -0.2) is 17.6 Å². The molecule has 1 heterocycles. The average molecular weight is 363 g/mol. The van der Waals surface area contributed by atoms with Gasteiger partial charge in [0.1, 0.15) is 5.82 Å². The number of aryl methyl sites for hydroxylation is 1. The number of hydrogen-bond donors (Lipinski definition) is 2. The number of carbonyl (C=O) groups is 1. The summed E-state index contributed by atoms with van der Waals surface area (Å²) >= 11 is 0. The summed E-state index contributed by atoms with van der Waals surface area (Å²) in [6.45, 7) is 0.428. The molecule has 0 saturated heterocycles. The molecule has 0 saturated carbocycles. The Bertz CT molecular complexity index is 898. The van der Waals surface area contributed by atoms with Gasteiger partial charge in [0, 0.05) is 17.9 Å². The number of urea groups is 1. The maximum atomic E-state index is 12.9. The van der Waals surface area contributed by atoms with E-state index in [0.29, 0.717) is 23.6 Å². The van der Waals surface area contributed by atoms with Crippen LogP contribution in [0.25, 0.3) is 0 Å². The molecule has 6 nitrogen and oxygen atoms in total. The predicted octanol–water partition coefficient (Wildman–Crippen LogP) is 3.18. The molecule has 132 valence electrons. The smallest absolute Gasteiger partial charge is 0.308 e. The first-order valence-corrected chi connectivity index (χ1v) is 9.62. The van der Waals surface area contributed by atoms with Gasteiger partial charge in [0.05, 0.1) is 11.9 Å². The van der Waals surface area contributed by atoms with Crippen LogP contribution >= 0.6 is 0 Å². The summed E-state index contributed by atoms with van der Waals surface area (Å²) in [7, 11) is -3.37. The number of fused-ring (bicyclic) bond motifs is 1. The molecule has 2 aromatic carbocycles. The van der Waals surface area contributed by atoms with E-state index >= 15 is 0 Å². The fourth-order valence-corrected chi connectivity index (χ4v) is 3.78. The van der Waals surface area contributed by atoms with Gasteiger partial charge in [-0.05, 0) is 54.8 Å².